The van der Waals surface area contributed by atoms with Crippen molar-refractivity contribution in [2.75, 3.05) is 26.8 Å². The Morgan fingerprint density at radius 3 is 2.55 bits per heavy atom. The normalized spacial score (nSPS) is 11.8. The van der Waals surface area contributed by atoms with Crippen LogP contribution in [-0.2, 0) is 22.6 Å². The summed E-state index contributed by atoms with van der Waals surface area (Å²) in [6.07, 6.45) is 4.22. The maximum atomic E-state index is 13.4. The third-order valence-electron chi connectivity index (χ3n) is 5.81. The van der Waals surface area contributed by atoms with Gasteiger partial charge in [-0.3, -0.25) is 9.59 Å². The largest absolute Gasteiger partial charge is 0.459 e. The third-order valence-corrected chi connectivity index (χ3v) is 5.81. The second kappa shape index (κ2) is 12.1. The average Bonchev–Trinajstić information content (AvgIpc) is 3.52. The molecule has 1 aromatic carbocycles. The standard InChI is InChI=1S/C26H33N3O4/c1-4-21(2)29(26(31)24-13-9-16-33-24)20-25(30)28(15-17-32-3)19-23-12-8-14-27(23)18-22-10-6-5-7-11-22/h5-14,16,21H,4,15,17-20H2,1-3H3. The van der Waals surface area contributed by atoms with Crippen molar-refractivity contribution < 1.29 is 18.7 Å². The van der Waals surface area contributed by atoms with Crippen molar-refractivity contribution in [1.29, 1.82) is 0 Å². The van der Waals surface area contributed by atoms with Gasteiger partial charge in [0.15, 0.2) is 5.76 Å². The van der Waals surface area contributed by atoms with Crippen LogP contribution in [0.15, 0.2) is 71.5 Å². The number of amides is 2. The number of aromatic nitrogens is 1. The molecule has 7 heteroatoms. The van der Waals surface area contributed by atoms with Crippen molar-refractivity contribution in [3.8, 4) is 0 Å². The minimum atomic E-state index is -0.276. The zero-order valence-electron chi connectivity index (χ0n) is 19.6. The molecule has 0 aliphatic heterocycles. The lowest BCUT2D eigenvalue weighted by Crippen LogP contribution is -2.47. The van der Waals surface area contributed by atoms with E-state index < -0.39 is 0 Å². The Balaban J connectivity index is 1.76. The van der Waals surface area contributed by atoms with Gasteiger partial charge in [-0.1, -0.05) is 37.3 Å². The number of carbonyl (C=O) groups excluding carboxylic acids is 2. The van der Waals surface area contributed by atoms with Crippen molar-refractivity contribution in [2.45, 2.75) is 39.4 Å². The summed E-state index contributed by atoms with van der Waals surface area (Å²) in [6.45, 7) is 5.94. The molecule has 2 amide bonds. The SMILES string of the molecule is CCC(C)N(CC(=O)N(CCOC)Cc1cccn1Cc1ccccc1)C(=O)c1ccco1. The minimum absolute atomic E-state index is 0.0162. The van der Waals surface area contributed by atoms with Crippen molar-refractivity contribution in [2.24, 2.45) is 0 Å². The van der Waals surface area contributed by atoms with Crippen molar-refractivity contribution in [3.63, 3.8) is 0 Å². The van der Waals surface area contributed by atoms with Gasteiger partial charge in [-0.05, 0) is 43.2 Å². The molecule has 0 radical (unpaired) electrons. The Labute approximate surface area is 195 Å². The molecule has 2 aromatic heterocycles. The Morgan fingerprint density at radius 1 is 1.09 bits per heavy atom. The van der Waals surface area contributed by atoms with E-state index in [-0.39, 0.29) is 30.2 Å². The number of furan rings is 1. The zero-order valence-corrected chi connectivity index (χ0v) is 19.6. The highest BCUT2D eigenvalue weighted by Crippen LogP contribution is 2.15. The van der Waals surface area contributed by atoms with Crippen molar-refractivity contribution >= 4 is 11.8 Å². The Bertz CT molecular complexity index is 998. The third kappa shape index (κ3) is 6.58. The van der Waals surface area contributed by atoms with Crippen molar-refractivity contribution in [1.82, 2.24) is 14.4 Å². The van der Waals surface area contributed by atoms with Crippen molar-refractivity contribution in [3.05, 3.63) is 84.1 Å². The number of ether oxygens (including phenoxy) is 1. The van der Waals surface area contributed by atoms with Gasteiger partial charge < -0.3 is 23.5 Å². The fraction of sp³-hybridized carbons (Fsp3) is 0.385. The summed E-state index contributed by atoms with van der Waals surface area (Å²) < 4.78 is 12.7. The molecule has 0 saturated heterocycles. The van der Waals surface area contributed by atoms with Crippen LogP contribution in [-0.4, -0.2) is 59.0 Å². The van der Waals surface area contributed by atoms with Gasteiger partial charge in [0.25, 0.3) is 5.91 Å². The molecule has 176 valence electrons. The van der Waals surface area contributed by atoms with Gasteiger partial charge in [0.2, 0.25) is 5.91 Å². The van der Waals surface area contributed by atoms with Crippen LogP contribution >= 0.6 is 0 Å². The van der Waals surface area contributed by atoms with E-state index in [0.29, 0.717) is 19.7 Å². The van der Waals surface area contributed by atoms with Crippen LogP contribution < -0.4 is 0 Å². The molecule has 0 spiro atoms. The second-order valence-electron chi connectivity index (χ2n) is 8.09. The van der Waals surface area contributed by atoms with Crippen LogP contribution in [0, 0.1) is 0 Å². The van der Waals surface area contributed by atoms with E-state index in [0.717, 1.165) is 18.7 Å². The van der Waals surface area contributed by atoms with Gasteiger partial charge >= 0.3 is 0 Å². The first-order chi connectivity index (χ1) is 16.0. The molecule has 1 unspecified atom stereocenters. The Morgan fingerprint density at radius 2 is 1.88 bits per heavy atom. The van der Waals surface area contributed by atoms with E-state index in [9.17, 15) is 9.59 Å². The molecule has 0 bridgehead atoms. The fourth-order valence-electron chi connectivity index (χ4n) is 3.65. The van der Waals surface area contributed by atoms with Crippen LogP contribution in [0.4, 0.5) is 0 Å². The van der Waals surface area contributed by atoms with E-state index >= 15 is 0 Å². The quantitative estimate of drug-likeness (QED) is 0.417. The molecule has 1 atom stereocenters. The molecule has 33 heavy (non-hydrogen) atoms. The lowest BCUT2D eigenvalue weighted by Gasteiger charge is -2.31. The lowest BCUT2D eigenvalue weighted by molar-refractivity contribution is -0.133. The zero-order chi connectivity index (χ0) is 23.6. The molecule has 0 N–H and O–H groups in total. The van der Waals surface area contributed by atoms with Crippen LogP contribution in [0.3, 0.4) is 0 Å². The first-order valence-corrected chi connectivity index (χ1v) is 11.3. The number of benzene rings is 1. The summed E-state index contributed by atoms with van der Waals surface area (Å²) in [7, 11) is 1.62. The van der Waals surface area contributed by atoms with E-state index in [1.807, 2.05) is 50.4 Å². The van der Waals surface area contributed by atoms with Gasteiger partial charge in [0.05, 0.1) is 19.4 Å². The Kier molecular flexibility index (Phi) is 8.89. The molecular weight excluding hydrogens is 418 g/mol. The molecule has 0 fully saturated rings. The number of nitrogens with zero attached hydrogens (tertiary/aromatic N) is 3. The summed E-state index contributed by atoms with van der Waals surface area (Å²) in [5.74, 6) is -0.162. The number of hydrogen-bond donors (Lipinski definition) is 0. The van der Waals surface area contributed by atoms with E-state index in [2.05, 4.69) is 16.7 Å². The van der Waals surface area contributed by atoms with Gasteiger partial charge in [-0.2, -0.15) is 0 Å². The monoisotopic (exact) mass is 451 g/mol. The Hall–Kier alpha value is -3.32. The highest BCUT2D eigenvalue weighted by atomic mass is 16.5. The number of hydrogen-bond acceptors (Lipinski definition) is 4. The minimum Gasteiger partial charge on any atom is -0.459 e. The van der Waals surface area contributed by atoms with Crippen LogP contribution in [0.25, 0.3) is 0 Å². The average molecular weight is 452 g/mol. The fourth-order valence-corrected chi connectivity index (χ4v) is 3.65. The molecular formula is C26H33N3O4. The highest BCUT2D eigenvalue weighted by Gasteiger charge is 2.27. The molecule has 3 rings (SSSR count). The number of methoxy groups -OCH3 is 1. The maximum absolute atomic E-state index is 13.4. The maximum Gasteiger partial charge on any atom is 0.290 e. The first kappa shape index (κ1) is 24.3. The topological polar surface area (TPSA) is 67.9 Å². The summed E-state index contributed by atoms with van der Waals surface area (Å²) in [5, 5.41) is 0. The molecule has 0 saturated carbocycles. The van der Waals surface area contributed by atoms with E-state index in [1.165, 1.54) is 11.8 Å². The number of carbonyl (C=O) groups is 2. The van der Waals surface area contributed by atoms with Gasteiger partial charge in [-0.15, -0.1) is 0 Å². The summed E-state index contributed by atoms with van der Waals surface area (Å²) in [4.78, 5) is 29.7. The predicted molar refractivity (Wildman–Crippen MR) is 127 cm³/mol. The van der Waals surface area contributed by atoms with E-state index in [4.69, 9.17) is 9.15 Å². The summed E-state index contributed by atoms with van der Waals surface area (Å²) in [5.41, 5.74) is 2.22. The van der Waals surface area contributed by atoms with Gasteiger partial charge in [-0.25, -0.2) is 0 Å². The summed E-state index contributed by atoms with van der Waals surface area (Å²) in [6, 6.07) is 17.4. The van der Waals surface area contributed by atoms with Gasteiger partial charge in [0.1, 0.15) is 6.54 Å². The van der Waals surface area contributed by atoms with Crippen LogP contribution in [0.2, 0.25) is 0 Å². The molecule has 0 aliphatic carbocycles. The molecule has 0 aliphatic rings. The van der Waals surface area contributed by atoms with Crippen LogP contribution in [0.5, 0.6) is 0 Å². The van der Waals surface area contributed by atoms with E-state index in [1.54, 1.807) is 29.0 Å². The molecule has 2 heterocycles. The highest BCUT2D eigenvalue weighted by molar-refractivity contribution is 5.94. The van der Waals surface area contributed by atoms with Gasteiger partial charge in [0, 0.05) is 38.1 Å². The predicted octanol–water partition coefficient (Wildman–Crippen LogP) is 4.05. The van der Waals surface area contributed by atoms with Crippen LogP contribution in [0.1, 0.15) is 42.1 Å². The second-order valence-corrected chi connectivity index (χ2v) is 8.09. The first-order valence-electron chi connectivity index (χ1n) is 11.3. The number of rotatable bonds is 12. The lowest BCUT2D eigenvalue weighted by atomic mass is 10.2. The molecule has 3 aromatic rings. The molecule has 7 nitrogen and oxygen atoms in total. The summed E-state index contributed by atoms with van der Waals surface area (Å²) >= 11 is 0. The smallest absolute Gasteiger partial charge is 0.290 e.